The highest BCUT2D eigenvalue weighted by Crippen LogP contribution is 2.43. The summed E-state index contributed by atoms with van der Waals surface area (Å²) in [5.74, 6) is -0.817. The second kappa shape index (κ2) is 10.5. The van der Waals surface area contributed by atoms with E-state index in [9.17, 15) is 13.9 Å². The molecule has 0 aliphatic carbocycles. The zero-order valence-corrected chi connectivity index (χ0v) is 24.8. The molecule has 4 aliphatic heterocycles. The van der Waals surface area contributed by atoms with Crippen molar-refractivity contribution in [3.63, 3.8) is 0 Å². The van der Waals surface area contributed by atoms with E-state index in [-0.39, 0.29) is 34.9 Å². The summed E-state index contributed by atoms with van der Waals surface area (Å²) in [6.45, 7) is 4.95. The van der Waals surface area contributed by atoms with Crippen LogP contribution >= 0.6 is 0 Å². The van der Waals surface area contributed by atoms with E-state index >= 15 is 4.39 Å². The number of hydrogen-bond acceptors (Lipinski definition) is 7. The predicted octanol–water partition coefficient (Wildman–Crippen LogP) is 5.89. The molecule has 44 heavy (non-hydrogen) atoms. The van der Waals surface area contributed by atoms with Crippen LogP contribution in [0, 0.1) is 11.6 Å². The molecule has 6 heterocycles. The van der Waals surface area contributed by atoms with E-state index in [1.54, 1.807) is 18.3 Å². The van der Waals surface area contributed by atoms with E-state index in [1.165, 1.54) is 12.1 Å². The summed E-state index contributed by atoms with van der Waals surface area (Å²) >= 11 is 0. The van der Waals surface area contributed by atoms with Gasteiger partial charge in [0.15, 0.2) is 5.82 Å². The highest BCUT2D eigenvalue weighted by Gasteiger charge is 2.49. The molecule has 2 bridgehead atoms. The third-order valence-electron chi connectivity index (χ3n) is 10.3. The fraction of sp³-hybridized carbons (Fsp3) is 0.471. The third-order valence-corrected chi connectivity index (χ3v) is 10.3. The molecule has 230 valence electrons. The summed E-state index contributed by atoms with van der Waals surface area (Å²) in [6, 6.07) is 8.52. The van der Waals surface area contributed by atoms with Crippen LogP contribution in [0.1, 0.15) is 44.6 Å². The number of benzene rings is 2. The van der Waals surface area contributed by atoms with Crippen LogP contribution in [-0.4, -0.2) is 76.6 Å². The first-order valence-corrected chi connectivity index (χ1v) is 15.8. The quantitative estimate of drug-likeness (QED) is 0.285. The molecule has 2 aromatic carbocycles. The standard InChI is InChI=1S/C34H36F3N5O2/c1-2-24-27(36)7-4-19-10-23(43)11-25(30(19)24)32-31(37)33-26(14-38-32)28(41-16-21-5-6-22(17-41)39-21)12-29(40-33)44-18-34-8-3-9-42(34)15-20(35)13-34/h4,7,10-12,14,20-22,39,43H,2-3,5-6,8-9,13,15-18H2,1H3. The number of aromatic hydroxyl groups is 1. The summed E-state index contributed by atoms with van der Waals surface area (Å²) in [5.41, 5.74) is 1.28. The molecule has 2 aromatic heterocycles. The molecule has 4 aromatic rings. The summed E-state index contributed by atoms with van der Waals surface area (Å²) in [6.07, 6.45) is 5.61. The van der Waals surface area contributed by atoms with Crippen molar-refractivity contribution in [2.75, 3.05) is 37.7 Å². The Bertz CT molecular complexity index is 1770. The highest BCUT2D eigenvalue weighted by molar-refractivity contribution is 6.02. The Hall–Kier alpha value is -3.63. The van der Waals surface area contributed by atoms with Gasteiger partial charge in [0.05, 0.1) is 11.2 Å². The number of aromatic nitrogens is 2. The monoisotopic (exact) mass is 603 g/mol. The van der Waals surface area contributed by atoms with E-state index in [0.29, 0.717) is 64.6 Å². The maximum Gasteiger partial charge on any atom is 0.216 e. The van der Waals surface area contributed by atoms with Crippen molar-refractivity contribution in [3.05, 3.63) is 53.7 Å². The first kappa shape index (κ1) is 27.9. The van der Waals surface area contributed by atoms with Gasteiger partial charge in [-0.05, 0) is 73.2 Å². The van der Waals surface area contributed by atoms with Gasteiger partial charge < -0.3 is 20.1 Å². The van der Waals surface area contributed by atoms with Gasteiger partial charge in [0.2, 0.25) is 5.88 Å². The van der Waals surface area contributed by atoms with Crippen LogP contribution in [0.2, 0.25) is 0 Å². The number of hydrogen-bond donors (Lipinski definition) is 2. The molecule has 4 aliphatic rings. The Kier molecular flexibility index (Phi) is 6.64. The van der Waals surface area contributed by atoms with Crippen LogP contribution in [0.25, 0.3) is 32.9 Å². The van der Waals surface area contributed by atoms with E-state index < -0.39 is 12.0 Å². The zero-order valence-electron chi connectivity index (χ0n) is 24.8. The van der Waals surface area contributed by atoms with Gasteiger partial charge in [-0.3, -0.25) is 9.88 Å². The Morgan fingerprint density at radius 1 is 1.11 bits per heavy atom. The van der Waals surface area contributed by atoms with Crippen LogP contribution in [0.5, 0.6) is 11.6 Å². The number of halogens is 3. The van der Waals surface area contributed by atoms with Crippen molar-refractivity contribution in [2.24, 2.45) is 0 Å². The molecule has 0 radical (unpaired) electrons. The number of pyridine rings is 2. The van der Waals surface area contributed by atoms with Gasteiger partial charge in [-0.1, -0.05) is 13.0 Å². The molecule has 4 unspecified atom stereocenters. The Morgan fingerprint density at radius 3 is 2.73 bits per heavy atom. The Labute approximate surface area is 254 Å². The molecule has 0 spiro atoms. The fourth-order valence-corrected chi connectivity index (χ4v) is 8.32. The fourth-order valence-electron chi connectivity index (χ4n) is 8.32. The average Bonchev–Trinajstić information content (AvgIpc) is 3.66. The van der Waals surface area contributed by atoms with Crippen LogP contribution in [0.15, 0.2) is 36.5 Å². The molecule has 2 N–H and O–H groups in total. The van der Waals surface area contributed by atoms with Crippen LogP contribution in [0.3, 0.4) is 0 Å². The van der Waals surface area contributed by atoms with Crippen molar-refractivity contribution < 1.29 is 23.0 Å². The van der Waals surface area contributed by atoms with Gasteiger partial charge in [-0.2, -0.15) is 0 Å². The van der Waals surface area contributed by atoms with Gasteiger partial charge in [0.25, 0.3) is 0 Å². The first-order chi connectivity index (χ1) is 21.3. The summed E-state index contributed by atoms with van der Waals surface area (Å²) in [5, 5.41) is 15.9. The number of anilines is 1. The van der Waals surface area contributed by atoms with E-state index in [2.05, 4.69) is 20.1 Å². The topological polar surface area (TPSA) is 73.8 Å². The SMILES string of the molecule is CCc1c(F)ccc2cc(O)cc(-c3ncc4c(N5CC6CCC(C5)N6)cc(OCC56CCCN5CC(F)C6)nc4c3F)c12. The predicted molar refractivity (Wildman–Crippen MR) is 164 cm³/mol. The smallest absolute Gasteiger partial charge is 0.216 e. The molecule has 4 atom stereocenters. The second-order valence-corrected chi connectivity index (χ2v) is 13.0. The number of ether oxygens (including phenoxy) is 1. The minimum atomic E-state index is -0.878. The number of nitrogens with zero attached hydrogens (tertiary/aromatic N) is 4. The maximum absolute atomic E-state index is 16.8. The van der Waals surface area contributed by atoms with E-state index in [4.69, 9.17) is 9.72 Å². The number of phenols is 1. The lowest BCUT2D eigenvalue weighted by atomic mass is 9.94. The number of aryl methyl sites for hydroxylation is 1. The molecule has 8 rings (SSSR count). The lowest BCUT2D eigenvalue weighted by molar-refractivity contribution is 0.111. The van der Waals surface area contributed by atoms with Crippen LogP contribution < -0.4 is 15.0 Å². The Balaban J connectivity index is 1.27. The summed E-state index contributed by atoms with van der Waals surface area (Å²) < 4.78 is 52.6. The molecule has 0 amide bonds. The van der Waals surface area contributed by atoms with Crippen molar-refractivity contribution in [2.45, 2.75) is 69.2 Å². The van der Waals surface area contributed by atoms with Gasteiger partial charge in [-0.25, -0.2) is 18.2 Å². The zero-order chi connectivity index (χ0) is 30.2. The maximum atomic E-state index is 16.8. The first-order valence-electron chi connectivity index (χ1n) is 15.8. The number of phenolic OH excluding ortho intramolecular Hbond substituents is 1. The molecule has 10 heteroatoms. The molecule has 0 saturated carbocycles. The molecule has 7 nitrogen and oxygen atoms in total. The van der Waals surface area contributed by atoms with Crippen molar-refractivity contribution >= 4 is 27.4 Å². The molecular weight excluding hydrogens is 567 g/mol. The van der Waals surface area contributed by atoms with Gasteiger partial charge in [-0.15, -0.1) is 0 Å². The van der Waals surface area contributed by atoms with Crippen molar-refractivity contribution in [1.29, 1.82) is 0 Å². The number of rotatable bonds is 6. The molecule has 4 saturated heterocycles. The summed E-state index contributed by atoms with van der Waals surface area (Å²) in [4.78, 5) is 13.7. The normalized spacial score (nSPS) is 26.6. The lowest BCUT2D eigenvalue weighted by Gasteiger charge is -2.35. The van der Waals surface area contributed by atoms with Gasteiger partial charge >= 0.3 is 0 Å². The van der Waals surface area contributed by atoms with Crippen molar-refractivity contribution in [3.8, 4) is 22.9 Å². The highest BCUT2D eigenvalue weighted by atomic mass is 19.1. The van der Waals surface area contributed by atoms with Gasteiger partial charge in [0, 0.05) is 61.4 Å². The molecular formula is C34H36F3N5O2. The largest absolute Gasteiger partial charge is 0.508 e. The Morgan fingerprint density at radius 2 is 1.93 bits per heavy atom. The molecule has 4 fully saturated rings. The lowest BCUT2D eigenvalue weighted by Crippen LogP contribution is -2.51. The number of nitrogens with one attached hydrogen (secondary N) is 1. The summed E-state index contributed by atoms with van der Waals surface area (Å²) in [7, 11) is 0. The van der Waals surface area contributed by atoms with Gasteiger partial charge in [0.1, 0.15) is 35.6 Å². The van der Waals surface area contributed by atoms with E-state index in [0.717, 1.165) is 51.0 Å². The van der Waals surface area contributed by atoms with E-state index in [1.807, 2.05) is 13.0 Å². The number of alkyl halides is 1. The van der Waals surface area contributed by atoms with Crippen LogP contribution in [0.4, 0.5) is 18.9 Å². The minimum Gasteiger partial charge on any atom is -0.508 e. The second-order valence-electron chi connectivity index (χ2n) is 13.0. The number of piperazine rings is 1. The minimum absolute atomic E-state index is 0.00805. The third kappa shape index (κ3) is 4.48. The number of fused-ring (bicyclic) bond motifs is 5. The van der Waals surface area contributed by atoms with Crippen molar-refractivity contribution in [1.82, 2.24) is 20.2 Å². The van der Waals surface area contributed by atoms with Crippen LogP contribution in [-0.2, 0) is 6.42 Å². The average molecular weight is 604 g/mol.